The molecule has 0 aromatic carbocycles. The summed E-state index contributed by atoms with van der Waals surface area (Å²) in [5.74, 6) is 0. The van der Waals surface area contributed by atoms with Crippen molar-refractivity contribution in [1.82, 2.24) is 5.32 Å². The summed E-state index contributed by atoms with van der Waals surface area (Å²) in [5.41, 5.74) is 0. The van der Waals surface area contributed by atoms with E-state index in [-0.39, 0.29) is 0 Å². The van der Waals surface area contributed by atoms with Crippen LogP contribution in [0.3, 0.4) is 0 Å². The van der Waals surface area contributed by atoms with Gasteiger partial charge in [-0.3, -0.25) is 0 Å². The SMILES string of the molecule is CCCNC(CC)CCCCC1CCCO1. The van der Waals surface area contributed by atoms with Gasteiger partial charge in [-0.2, -0.15) is 0 Å². The molecule has 16 heavy (non-hydrogen) atoms. The predicted octanol–water partition coefficient (Wildman–Crippen LogP) is 3.50. The van der Waals surface area contributed by atoms with Gasteiger partial charge in [0.25, 0.3) is 0 Å². The van der Waals surface area contributed by atoms with Crippen molar-refractivity contribution in [3.63, 3.8) is 0 Å². The summed E-state index contributed by atoms with van der Waals surface area (Å²) in [4.78, 5) is 0. The van der Waals surface area contributed by atoms with Crippen molar-refractivity contribution in [2.24, 2.45) is 0 Å². The largest absolute Gasteiger partial charge is 0.378 e. The molecule has 0 radical (unpaired) electrons. The van der Waals surface area contributed by atoms with E-state index in [9.17, 15) is 0 Å². The van der Waals surface area contributed by atoms with Crippen LogP contribution in [0.1, 0.15) is 65.2 Å². The second-order valence-corrected chi connectivity index (χ2v) is 4.98. The van der Waals surface area contributed by atoms with Crippen LogP contribution in [0.2, 0.25) is 0 Å². The molecule has 1 N–H and O–H groups in total. The minimum Gasteiger partial charge on any atom is -0.378 e. The number of rotatable bonds is 9. The Bertz CT molecular complexity index is 155. The van der Waals surface area contributed by atoms with E-state index in [2.05, 4.69) is 19.2 Å². The van der Waals surface area contributed by atoms with Crippen molar-refractivity contribution in [2.75, 3.05) is 13.2 Å². The predicted molar refractivity (Wildman–Crippen MR) is 69.8 cm³/mol. The highest BCUT2D eigenvalue weighted by atomic mass is 16.5. The van der Waals surface area contributed by atoms with Gasteiger partial charge in [0.2, 0.25) is 0 Å². The molecule has 1 heterocycles. The van der Waals surface area contributed by atoms with Crippen LogP contribution in [0.15, 0.2) is 0 Å². The molecule has 2 nitrogen and oxygen atoms in total. The Morgan fingerprint density at radius 3 is 2.81 bits per heavy atom. The van der Waals surface area contributed by atoms with Crippen LogP contribution >= 0.6 is 0 Å². The van der Waals surface area contributed by atoms with Gasteiger partial charge >= 0.3 is 0 Å². The molecule has 1 rings (SSSR count). The average Bonchev–Trinajstić information content (AvgIpc) is 2.81. The van der Waals surface area contributed by atoms with E-state index in [4.69, 9.17) is 4.74 Å². The molecule has 0 aromatic heterocycles. The standard InChI is InChI=1S/C14H29NO/c1-3-11-15-13(4-2)8-5-6-9-14-10-7-12-16-14/h13-15H,3-12H2,1-2H3. The van der Waals surface area contributed by atoms with Crippen molar-refractivity contribution in [3.8, 4) is 0 Å². The fourth-order valence-corrected chi connectivity index (χ4v) is 2.43. The second kappa shape index (κ2) is 9.00. The molecule has 2 atom stereocenters. The molecular weight excluding hydrogens is 198 g/mol. The molecule has 0 bridgehead atoms. The van der Waals surface area contributed by atoms with Crippen LogP contribution in [-0.4, -0.2) is 25.3 Å². The average molecular weight is 227 g/mol. The zero-order chi connectivity index (χ0) is 11.6. The van der Waals surface area contributed by atoms with Crippen LogP contribution in [-0.2, 0) is 4.74 Å². The summed E-state index contributed by atoms with van der Waals surface area (Å²) < 4.78 is 5.64. The van der Waals surface area contributed by atoms with Crippen LogP contribution in [0.25, 0.3) is 0 Å². The Labute approximate surface area is 101 Å². The van der Waals surface area contributed by atoms with Crippen molar-refractivity contribution in [2.45, 2.75) is 77.4 Å². The number of nitrogens with one attached hydrogen (secondary N) is 1. The summed E-state index contributed by atoms with van der Waals surface area (Å²) in [7, 11) is 0. The Hall–Kier alpha value is -0.0800. The van der Waals surface area contributed by atoms with Gasteiger partial charge in [0.1, 0.15) is 0 Å². The first-order valence-electron chi connectivity index (χ1n) is 7.21. The first-order valence-corrected chi connectivity index (χ1v) is 7.21. The molecule has 0 aliphatic carbocycles. The Morgan fingerprint density at radius 2 is 2.19 bits per heavy atom. The lowest BCUT2D eigenvalue weighted by molar-refractivity contribution is 0.102. The molecule has 96 valence electrons. The lowest BCUT2D eigenvalue weighted by Crippen LogP contribution is -2.28. The third-order valence-electron chi connectivity index (χ3n) is 3.53. The minimum atomic E-state index is 0.587. The maximum atomic E-state index is 5.64. The summed E-state index contributed by atoms with van der Waals surface area (Å²) in [6.07, 6.45) is 11.0. The third-order valence-corrected chi connectivity index (χ3v) is 3.53. The van der Waals surface area contributed by atoms with Crippen LogP contribution in [0.5, 0.6) is 0 Å². The van der Waals surface area contributed by atoms with E-state index in [0.29, 0.717) is 6.10 Å². The number of ether oxygens (including phenoxy) is 1. The molecule has 0 saturated carbocycles. The second-order valence-electron chi connectivity index (χ2n) is 4.98. The van der Waals surface area contributed by atoms with Gasteiger partial charge in [0.15, 0.2) is 0 Å². The van der Waals surface area contributed by atoms with Gasteiger partial charge in [-0.05, 0) is 45.1 Å². The highest BCUT2D eigenvalue weighted by Gasteiger charge is 2.14. The quantitative estimate of drug-likeness (QED) is 0.609. The highest BCUT2D eigenvalue weighted by molar-refractivity contribution is 4.67. The van der Waals surface area contributed by atoms with E-state index in [0.717, 1.165) is 12.6 Å². The lowest BCUT2D eigenvalue weighted by atomic mass is 10.0. The fourth-order valence-electron chi connectivity index (χ4n) is 2.43. The molecule has 1 aliphatic rings. The first kappa shape index (κ1) is 14.0. The van der Waals surface area contributed by atoms with Crippen molar-refractivity contribution < 1.29 is 4.74 Å². The molecule has 0 aromatic rings. The zero-order valence-electron chi connectivity index (χ0n) is 11.1. The zero-order valence-corrected chi connectivity index (χ0v) is 11.1. The van der Waals surface area contributed by atoms with Crippen LogP contribution < -0.4 is 5.32 Å². The van der Waals surface area contributed by atoms with E-state index in [1.807, 2.05) is 0 Å². The molecule has 0 spiro atoms. The van der Waals surface area contributed by atoms with E-state index < -0.39 is 0 Å². The molecular formula is C14H29NO. The lowest BCUT2D eigenvalue weighted by Gasteiger charge is -2.16. The highest BCUT2D eigenvalue weighted by Crippen LogP contribution is 2.18. The number of hydrogen-bond acceptors (Lipinski definition) is 2. The van der Waals surface area contributed by atoms with Crippen LogP contribution in [0, 0.1) is 0 Å². The smallest absolute Gasteiger partial charge is 0.0576 e. The van der Waals surface area contributed by atoms with Crippen LogP contribution in [0.4, 0.5) is 0 Å². The monoisotopic (exact) mass is 227 g/mol. The van der Waals surface area contributed by atoms with Crippen molar-refractivity contribution in [1.29, 1.82) is 0 Å². The normalized spacial score (nSPS) is 22.5. The molecule has 2 unspecified atom stereocenters. The molecule has 1 saturated heterocycles. The summed E-state index contributed by atoms with van der Waals surface area (Å²) in [6.45, 7) is 6.69. The first-order chi connectivity index (χ1) is 7.86. The summed E-state index contributed by atoms with van der Waals surface area (Å²) in [6, 6.07) is 0.740. The van der Waals surface area contributed by atoms with E-state index >= 15 is 0 Å². The van der Waals surface area contributed by atoms with E-state index in [1.165, 1.54) is 57.9 Å². The summed E-state index contributed by atoms with van der Waals surface area (Å²) >= 11 is 0. The fraction of sp³-hybridized carbons (Fsp3) is 1.00. The minimum absolute atomic E-state index is 0.587. The van der Waals surface area contributed by atoms with Gasteiger partial charge in [-0.1, -0.05) is 26.7 Å². The van der Waals surface area contributed by atoms with Crippen molar-refractivity contribution in [3.05, 3.63) is 0 Å². The molecule has 0 amide bonds. The molecule has 1 fully saturated rings. The van der Waals surface area contributed by atoms with Gasteiger partial charge < -0.3 is 10.1 Å². The van der Waals surface area contributed by atoms with Gasteiger partial charge in [-0.25, -0.2) is 0 Å². The molecule has 1 aliphatic heterocycles. The van der Waals surface area contributed by atoms with E-state index in [1.54, 1.807) is 0 Å². The Balaban J connectivity index is 1.95. The maximum Gasteiger partial charge on any atom is 0.0576 e. The van der Waals surface area contributed by atoms with Crippen molar-refractivity contribution >= 4 is 0 Å². The van der Waals surface area contributed by atoms with Gasteiger partial charge in [-0.15, -0.1) is 0 Å². The van der Waals surface area contributed by atoms with Gasteiger partial charge in [0, 0.05) is 12.6 Å². The Morgan fingerprint density at radius 1 is 1.31 bits per heavy atom. The topological polar surface area (TPSA) is 21.3 Å². The molecule has 2 heteroatoms. The van der Waals surface area contributed by atoms with Gasteiger partial charge in [0.05, 0.1) is 6.10 Å². The Kier molecular flexibility index (Phi) is 7.87. The summed E-state index contributed by atoms with van der Waals surface area (Å²) in [5, 5.41) is 3.62. The number of unbranched alkanes of at least 4 members (excludes halogenated alkanes) is 1. The maximum absolute atomic E-state index is 5.64. The number of hydrogen-bond donors (Lipinski definition) is 1. The third kappa shape index (κ3) is 5.86.